The summed E-state index contributed by atoms with van der Waals surface area (Å²) in [7, 11) is 0. The van der Waals surface area contributed by atoms with Gasteiger partial charge in [0, 0.05) is 24.3 Å². The van der Waals surface area contributed by atoms with Gasteiger partial charge in [-0.2, -0.15) is 0 Å². The van der Waals surface area contributed by atoms with E-state index in [9.17, 15) is 9.59 Å². The SMILES string of the molecule is CCNC(=O)CN(CC)C(=O)c1cccc(N)c1. The van der Waals surface area contributed by atoms with Gasteiger partial charge in [-0.15, -0.1) is 0 Å². The number of rotatable bonds is 5. The van der Waals surface area contributed by atoms with Gasteiger partial charge in [-0.1, -0.05) is 6.07 Å². The van der Waals surface area contributed by atoms with E-state index in [0.717, 1.165) is 0 Å². The van der Waals surface area contributed by atoms with Crippen molar-refractivity contribution in [2.45, 2.75) is 13.8 Å². The molecule has 0 spiro atoms. The van der Waals surface area contributed by atoms with Crippen molar-refractivity contribution in [2.75, 3.05) is 25.4 Å². The maximum Gasteiger partial charge on any atom is 0.254 e. The van der Waals surface area contributed by atoms with Crippen LogP contribution in [0.3, 0.4) is 0 Å². The van der Waals surface area contributed by atoms with E-state index in [1.54, 1.807) is 24.3 Å². The minimum absolute atomic E-state index is 0.0674. The van der Waals surface area contributed by atoms with Gasteiger partial charge in [-0.3, -0.25) is 9.59 Å². The fraction of sp³-hybridized carbons (Fsp3) is 0.385. The summed E-state index contributed by atoms with van der Waals surface area (Å²) in [5, 5.41) is 2.67. The Kier molecular flexibility index (Phi) is 5.17. The minimum Gasteiger partial charge on any atom is -0.399 e. The standard InChI is InChI=1S/C13H19N3O2/c1-3-15-12(17)9-16(4-2)13(18)10-6-5-7-11(14)8-10/h5-8H,3-4,9,14H2,1-2H3,(H,15,17). The van der Waals surface area contributed by atoms with E-state index >= 15 is 0 Å². The van der Waals surface area contributed by atoms with Gasteiger partial charge in [0.05, 0.1) is 6.54 Å². The second-order valence-corrected chi connectivity index (χ2v) is 3.90. The Morgan fingerprint density at radius 2 is 2.06 bits per heavy atom. The number of nitrogens with zero attached hydrogens (tertiary/aromatic N) is 1. The van der Waals surface area contributed by atoms with Gasteiger partial charge in [0.1, 0.15) is 0 Å². The summed E-state index contributed by atoms with van der Waals surface area (Å²) in [4.78, 5) is 25.1. The summed E-state index contributed by atoms with van der Waals surface area (Å²) in [6.07, 6.45) is 0. The lowest BCUT2D eigenvalue weighted by Crippen LogP contribution is -2.40. The number of carbonyl (C=O) groups is 2. The zero-order chi connectivity index (χ0) is 13.5. The molecule has 0 heterocycles. The first-order chi connectivity index (χ1) is 8.58. The van der Waals surface area contributed by atoms with Gasteiger partial charge in [0.2, 0.25) is 5.91 Å². The van der Waals surface area contributed by atoms with Crippen LogP contribution in [0.1, 0.15) is 24.2 Å². The molecule has 0 aliphatic rings. The summed E-state index contributed by atoms with van der Waals surface area (Å²) in [6.45, 7) is 4.78. The van der Waals surface area contributed by atoms with Gasteiger partial charge in [0.15, 0.2) is 0 Å². The van der Waals surface area contributed by atoms with Crippen LogP contribution in [0.15, 0.2) is 24.3 Å². The number of nitrogens with one attached hydrogen (secondary N) is 1. The maximum atomic E-state index is 12.2. The number of nitrogens with two attached hydrogens (primary N) is 1. The number of amides is 2. The molecule has 98 valence electrons. The molecule has 0 atom stereocenters. The Hall–Kier alpha value is -2.04. The van der Waals surface area contributed by atoms with Crippen molar-refractivity contribution in [3.63, 3.8) is 0 Å². The lowest BCUT2D eigenvalue weighted by molar-refractivity contribution is -0.121. The highest BCUT2D eigenvalue weighted by atomic mass is 16.2. The van der Waals surface area contributed by atoms with Crippen molar-refractivity contribution in [3.05, 3.63) is 29.8 Å². The predicted octanol–water partition coefficient (Wildman–Crippen LogP) is 0.867. The molecule has 0 fully saturated rings. The van der Waals surface area contributed by atoms with Crippen LogP contribution in [0.5, 0.6) is 0 Å². The average molecular weight is 249 g/mol. The highest BCUT2D eigenvalue weighted by Gasteiger charge is 2.16. The number of hydrogen-bond acceptors (Lipinski definition) is 3. The molecule has 1 aromatic carbocycles. The van der Waals surface area contributed by atoms with E-state index < -0.39 is 0 Å². The van der Waals surface area contributed by atoms with Crippen LogP contribution < -0.4 is 11.1 Å². The molecule has 2 amide bonds. The second-order valence-electron chi connectivity index (χ2n) is 3.90. The van der Waals surface area contributed by atoms with Crippen LogP contribution in [0.4, 0.5) is 5.69 Å². The summed E-state index contributed by atoms with van der Waals surface area (Å²) >= 11 is 0. The third-order valence-electron chi connectivity index (χ3n) is 2.51. The van der Waals surface area contributed by atoms with Gasteiger partial charge in [-0.25, -0.2) is 0 Å². The first-order valence-electron chi connectivity index (χ1n) is 6.00. The molecular weight excluding hydrogens is 230 g/mol. The van der Waals surface area contributed by atoms with Gasteiger partial charge in [-0.05, 0) is 32.0 Å². The number of anilines is 1. The normalized spacial score (nSPS) is 9.89. The number of hydrogen-bond donors (Lipinski definition) is 2. The molecule has 0 bridgehead atoms. The van der Waals surface area contributed by atoms with E-state index in [2.05, 4.69) is 5.32 Å². The van der Waals surface area contributed by atoms with Crippen LogP contribution in [0, 0.1) is 0 Å². The summed E-state index contributed by atoms with van der Waals surface area (Å²) in [6, 6.07) is 6.75. The first kappa shape index (κ1) is 14.0. The average Bonchev–Trinajstić information content (AvgIpc) is 2.35. The molecule has 3 N–H and O–H groups in total. The molecular formula is C13H19N3O2. The third-order valence-corrected chi connectivity index (χ3v) is 2.51. The molecule has 5 nitrogen and oxygen atoms in total. The van der Waals surface area contributed by atoms with Crippen LogP contribution >= 0.6 is 0 Å². The van der Waals surface area contributed by atoms with Crippen LogP contribution in [0.25, 0.3) is 0 Å². The van der Waals surface area contributed by atoms with Gasteiger partial charge < -0.3 is 16.0 Å². The molecule has 5 heteroatoms. The first-order valence-corrected chi connectivity index (χ1v) is 6.00. The van der Waals surface area contributed by atoms with Crippen LogP contribution in [0.2, 0.25) is 0 Å². The topological polar surface area (TPSA) is 75.4 Å². The Morgan fingerprint density at radius 3 is 2.61 bits per heavy atom. The number of likely N-dealkylation sites (N-methyl/N-ethyl adjacent to an activating group) is 2. The zero-order valence-corrected chi connectivity index (χ0v) is 10.8. The van der Waals surface area contributed by atoms with E-state index in [1.807, 2.05) is 13.8 Å². The fourth-order valence-electron chi connectivity index (χ4n) is 1.61. The maximum absolute atomic E-state index is 12.2. The third kappa shape index (κ3) is 3.76. The lowest BCUT2D eigenvalue weighted by atomic mass is 10.1. The molecule has 0 saturated heterocycles. The monoisotopic (exact) mass is 249 g/mol. The van der Waals surface area contributed by atoms with E-state index in [-0.39, 0.29) is 18.4 Å². The smallest absolute Gasteiger partial charge is 0.254 e. The molecule has 0 saturated carbocycles. The van der Waals surface area contributed by atoms with E-state index in [0.29, 0.717) is 24.3 Å². The van der Waals surface area contributed by atoms with Gasteiger partial charge in [0.25, 0.3) is 5.91 Å². The molecule has 0 unspecified atom stereocenters. The lowest BCUT2D eigenvalue weighted by Gasteiger charge is -2.20. The molecule has 0 radical (unpaired) electrons. The Balaban J connectivity index is 2.76. The number of nitrogen functional groups attached to an aromatic ring is 1. The largest absolute Gasteiger partial charge is 0.399 e. The summed E-state index contributed by atoms with van der Waals surface area (Å²) < 4.78 is 0. The Morgan fingerprint density at radius 1 is 1.33 bits per heavy atom. The molecule has 1 aromatic rings. The van der Waals surface area contributed by atoms with Crippen molar-refractivity contribution >= 4 is 17.5 Å². The van der Waals surface area contributed by atoms with E-state index in [1.165, 1.54) is 4.90 Å². The highest BCUT2D eigenvalue weighted by molar-refractivity contribution is 5.97. The van der Waals surface area contributed by atoms with Crippen molar-refractivity contribution in [3.8, 4) is 0 Å². The number of carbonyl (C=O) groups excluding carboxylic acids is 2. The van der Waals surface area contributed by atoms with Gasteiger partial charge >= 0.3 is 0 Å². The Labute approximate surface area is 107 Å². The molecule has 0 aromatic heterocycles. The minimum atomic E-state index is -0.184. The predicted molar refractivity (Wildman–Crippen MR) is 71.1 cm³/mol. The number of benzene rings is 1. The van der Waals surface area contributed by atoms with Crippen LogP contribution in [-0.4, -0.2) is 36.3 Å². The quantitative estimate of drug-likeness (QED) is 0.760. The van der Waals surface area contributed by atoms with E-state index in [4.69, 9.17) is 5.73 Å². The fourth-order valence-corrected chi connectivity index (χ4v) is 1.61. The van der Waals surface area contributed by atoms with Crippen molar-refractivity contribution in [1.82, 2.24) is 10.2 Å². The van der Waals surface area contributed by atoms with Crippen molar-refractivity contribution < 1.29 is 9.59 Å². The molecule has 1 rings (SSSR count). The summed E-state index contributed by atoms with van der Waals surface area (Å²) in [5.74, 6) is -0.340. The Bertz CT molecular complexity index is 432. The molecule has 18 heavy (non-hydrogen) atoms. The van der Waals surface area contributed by atoms with Crippen molar-refractivity contribution in [2.24, 2.45) is 0 Å². The highest BCUT2D eigenvalue weighted by Crippen LogP contribution is 2.09. The zero-order valence-electron chi connectivity index (χ0n) is 10.8. The summed E-state index contributed by atoms with van der Waals surface area (Å²) in [5.41, 5.74) is 6.67. The van der Waals surface area contributed by atoms with Crippen LogP contribution in [-0.2, 0) is 4.79 Å². The molecule has 0 aliphatic heterocycles. The van der Waals surface area contributed by atoms with Crippen molar-refractivity contribution in [1.29, 1.82) is 0 Å². The molecule has 0 aliphatic carbocycles. The second kappa shape index (κ2) is 6.64.